The summed E-state index contributed by atoms with van der Waals surface area (Å²) in [6, 6.07) is 12.9. The number of carboxylic acids is 1. The minimum atomic E-state index is -0.942. The van der Waals surface area contributed by atoms with Gasteiger partial charge in [0.2, 0.25) is 0 Å². The molecule has 0 fully saturated rings. The molecule has 1 N–H and O–H groups in total. The fraction of sp³-hybridized carbons (Fsp3) is 0.136. The minimum absolute atomic E-state index is 0.262. The summed E-state index contributed by atoms with van der Waals surface area (Å²) >= 11 is 1.51. The zero-order valence-electron chi connectivity index (χ0n) is 16.4. The molecule has 0 saturated carbocycles. The summed E-state index contributed by atoms with van der Waals surface area (Å²) < 4.78 is 5.59. The highest BCUT2D eigenvalue weighted by molar-refractivity contribution is 7.15. The van der Waals surface area contributed by atoms with Crippen molar-refractivity contribution in [2.45, 2.75) is 20.5 Å². The fourth-order valence-electron chi connectivity index (χ4n) is 3.03. The standard InChI is InChI=1S/C22H18N4O3S/c1-13-11-15(21(27)28)7-8-16(13)17-5-3-6-18(26-17)20-14(2)25-19(30-20)12-29-22-23-9-4-10-24-22/h3-11H,12H2,1-2H3,(H,27,28). The Morgan fingerprint density at radius 1 is 1.03 bits per heavy atom. The number of aromatic nitrogens is 4. The van der Waals surface area contributed by atoms with E-state index in [-0.39, 0.29) is 12.2 Å². The van der Waals surface area contributed by atoms with E-state index in [9.17, 15) is 9.90 Å². The van der Waals surface area contributed by atoms with E-state index in [1.807, 2.05) is 32.0 Å². The zero-order valence-corrected chi connectivity index (χ0v) is 17.2. The van der Waals surface area contributed by atoms with Crippen molar-refractivity contribution >= 4 is 17.3 Å². The van der Waals surface area contributed by atoms with Crippen LogP contribution in [0.4, 0.5) is 0 Å². The second-order valence-electron chi connectivity index (χ2n) is 6.59. The quantitative estimate of drug-likeness (QED) is 0.490. The number of carbonyl (C=O) groups is 1. The number of aromatic carboxylic acids is 1. The maximum atomic E-state index is 11.2. The van der Waals surface area contributed by atoms with Crippen molar-refractivity contribution in [3.63, 3.8) is 0 Å². The molecule has 0 saturated heterocycles. The summed E-state index contributed by atoms with van der Waals surface area (Å²) in [5, 5.41) is 9.98. The first kappa shape index (κ1) is 19.7. The van der Waals surface area contributed by atoms with Crippen molar-refractivity contribution in [1.29, 1.82) is 0 Å². The molecule has 0 bridgehead atoms. The Labute approximate surface area is 177 Å². The number of pyridine rings is 1. The number of ether oxygens (including phenoxy) is 1. The average molecular weight is 418 g/mol. The normalized spacial score (nSPS) is 10.7. The third kappa shape index (κ3) is 4.18. The predicted octanol–water partition coefficient (Wildman–Crippen LogP) is 4.56. The van der Waals surface area contributed by atoms with Crippen LogP contribution in [0.1, 0.15) is 26.6 Å². The van der Waals surface area contributed by atoms with E-state index in [0.717, 1.165) is 38.1 Å². The summed E-state index contributed by atoms with van der Waals surface area (Å²) in [6.45, 7) is 4.11. The molecule has 3 heterocycles. The smallest absolute Gasteiger partial charge is 0.335 e. The van der Waals surface area contributed by atoms with Crippen molar-refractivity contribution in [2.75, 3.05) is 0 Å². The van der Waals surface area contributed by atoms with Crippen LogP contribution in [0.25, 0.3) is 21.8 Å². The Hall–Kier alpha value is -3.65. The van der Waals surface area contributed by atoms with Crippen LogP contribution < -0.4 is 4.74 Å². The van der Waals surface area contributed by atoms with Gasteiger partial charge in [0, 0.05) is 18.0 Å². The first-order valence-electron chi connectivity index (χ1n) is 9.19. The molecule has 0 aliphatic carbocycles. The van der Waals surface area contributed by atoms with Crippen LogP contribution in [-0.4, -0.2) is 31.0 Å². The molecular formula is C22H18N4O3S. The van der Waals surface area contributed by atoms with Gasteiger partial charge in [-0.2, -0.15) is 0 Å². The third-order valence-corrected chi connectivity index (χ3v) is 5.59. The molecule has 30 heavy (non-hydrogen) atoms. The number of carboxylic acid groups (broad SMARTS) is 1. The molecule has 7 nitrogen and oxygen atoms in total. The van der Waals surface area contributed by atoms with Crippen molar-refractivity contribution in [3.8, 4) is 27.8 Å². The molecule has 0 aliphatic rings. The maximum Gasteiger partial charge on any atom is 0.335 e. The van der Waals surface area contributed by atoms with Crippen molar-refractivity contribution in [2.24, 2.45) is 0 Å². The number of benzene rings is 1. The monoisotopic (exact) mass is 418 g/mol. The average Bonchev–Trinajstić information content (AvgIpc) is 3.13. The van der Waals surface area contributed by atoms with Gasteiger partial charge >= 0.3 is 12.0 Å². The zero-order chi connectivity index (χ0) is 21.1. The van der Waals surface area contributed by atoms with Crippen molar-refractivity contribution in [1.82, 2.24) is 19.9 Å². The summed E-state index contributed by atoms with van der Waals surface area (Å²) in [5.41, 5.74) is 4.48. The Kier molecular flexibility index (Phi) is 5.49. The lowest BCUT2D eigenvalue weighted by Crippen LogP contribution is -1.98. The highest BCUT2D eigenvalue weighted by Crippen LogP contribution is 2.31. The Morgan fingerprint density at radius 3 is 2.53 bits per heavy atom. The van der Waals surface area contributed by atoms with Crippen LogP contribution >= 0.6 is 11.3 Å². The minimum Gasteiger partial charge on any atom is -0.478 e. The van der Waals surface area contributed by atoms with E-state index in [4.69, 9.17) is 9.72 Å². The molecular weight excluding hydrogens is 400 g/mol. The van der Waals surface area contributed by atoms with E-state index >= 15 is 0 Å². The molecule has 1 aromatic carbocycles. The Morgan fingerprint density at radius 2 is 1.80 bits per heavy atom. The van der Waals surface area contributed by atoms with Gasteiger partial charge in [-0.3, -0.25) is 0 Å². The summed E-state index contributed by atoms with van der Waals surface area (Å²) in [5.74, 6) is -0.942. The number of aryl methyl sites for hydroxylation is 2. The van der Waals surface area contributed by atoms with Crippen LogP contribution in [0.5, 0.6) is 6.01 Å². The molecule has 0 amide bonds. The third-order valence-electron chi connectivity index (χ3n) is 4.44. The van der Waals surface area contributed by atoms with Crippen LogP contribution in [0.15, 0.2) is 54.9 Å². The van der Waals surface area contributed by atoms with Gasteiger partial charge in [-0.1, -0.05) is 12.1 Å². The first-order chi connectivity index (χ1) is 14.5. The molecule has 0 radical (unpaired) electrons. The van der Waals surface area contributed by atoms with Gasteiger partial charge in [-0.15, -0.1) is 11.3 Å². The predicted molar refractivity (Wildman–Crippen MR) is 114 cm³/mol. The second-order valence-corrected chi connectivity index (χ2v) is 7.67. The van der Waals surface area contributed by atoms with Gasteiger partial charge in [-0.25, -0.2) is 24.7 Å². The Balaban J connectivity index is 1.60. The highest BCUT2D eigenvalue weighted by Gasteiger charge is 2.14. The van der Waals surface area contributed by atoms with Crippen LogP contribution in [0.3, 0.4) is 0 Å². The van der Waals surface area contributed by atoms with Gasteiger partial charge in [0.1, 0.15) is 11.6 Å². The summed E-state index contributed by atoms with van der Waals surface area (Å²) in [6.07, 6.45) is 3.25. The lowest BCUT2D eigenvalue weighted by atomic mass is 10.0. The van der Waals surface area contributed by atoms with Crippen molar-refractivity contribution in [3.05, 3.63) is 76.7 Å². The second kappa shape index (κ2) is 8.38. The number of hydrogen-bond donors (Lipinski definition) is 1. The van der Waals surface area contributed by atoms with Crippen molar-refractivity contribution < 1.29 is 14.6 Å². The maximum absolute atomic E-state index is 11.2. The number of nitrogens with zero attached hydrogens (tertiary/aromatic N) is 4. The lowest BCUT2D eigenvalue weighted by Gasteiger charge is -2.08. The molecule has 0 aliphatic heterocycles. The van der Waals surface area contributed by atoms with E-state index in [1.165, 1.54) is 11.3 Å². The van der Waals surface area contributed by atoms with Crippen LogP contribution in [-0.2, 0) is 6.61 Å². The van der Waals surface area contributed by atoms with Gasteiger partial charge in [0.05, 0.1) is 27.5 Å². The molecule has 4 rings (SSSR count). The molecule has 8 heteroatoms. The fourth-order valence-corrected chi connectivity index (χ4v) is 3.98. The van der Waals surface area contributed by atoms with Gasteiger partial charge in [0.15, 0.2) is 0 Å². The van der Waals surface area contributed by atoms with Crippen LogP contribution in [0, 0.1) is 13.8 Å². The summed E-state index contributed by atoms with van der Waals surface area (Å²) in [4.78, 5) is 29.6. The van der Waals surface area contributed by atoms with Gasteiger partial charge in [-0.05, 0) is 49.7 Å². The van der Waals surface area contributed by atoms with E-state index in [2.05, 4.69) is 15.0 Å². The molecule has 0 atom stereocenters. The number of rotatable bonds is 6. The number of hydrogen-bond acceptors (Lipinski definition) is 7. The Bertz CT molecular complexity index is 1210. The molecule has 3 aromatic heterocycles. The molecule has 0 spiro atoms. The van der Waals surface area contributed by atoms with Gasteiger partial charge in [0.25, 0.3) is 0 Å². The molecule has 0 unspecified atom stereocenters. The molecule has 4 aromatic rings. The lowest BCUT2D eigenvalue weighted by molar-refractivity contribution is 0.0697. The molecule has 150 valence electrons. The van der Waals surface area contributed by atoms with Crippen LogP contribution in [0.2, 0.25) is 0 Å². The highest BCUT2D eigenvalue weighted by atomic mass is 32.1. The van der Waals surface area contributed by atoms with E-state index < -0.39 is 5.97 Å². The SMILES string of the molecule is Cc1cc(C(=O)O)ccc1-c1cccc(-c2sc(COc3ncccn3)nc2C)n1. The largest absolute Gasteiger partial charge is 0.478 e. The summed E-state index contributed by atoms with van der Waals surface area (Å²) in [7, 11) is 0. The number of thiazole rings is 1. The van der Waals surface area contributed by atoms with E-state index in [1.54, 1.807) is 36.7 Å². The first-order valence-corrected chi connectivity index (χ1v) is 10.0. The topological polar surface area (TPSA) is 98.1 Å². The van der Waals surface area contributed by atoms with Gasteiger partial charge < -0.3 is 9.84 Å². The van der Waals surface area contributed by atoms with E-state index in [0.29, 0.717) is 6.01 Å².